The maximum Gasteiger partial charge on any atom is 0.410 e. The molecule has 0 spiro atoms. The number of carbonyl (C=O) groups excluding carboxylic acids is 3. The highest BCUT2D eigenvalue weighted by Gasteiger charge is 2.33. The zero-order valence-electron chi connectivity index (χ0n) is 15.8. The smallest absolute Gasteiger partial charge is 0.410 e. The van der Waals surface area contributed by atoms with E-state index in [-0.39, 0.29) is 23.1 Å². The molecular weight excluding hydrogens is 338 g/mol. The van der Waals surface area contributed by atoms with Crippen LogP contribution in [0.4, 0.5) is 4.79 Å². The Balaban J connectivity index is 2.11. The lowest BCUT2D eigenvalue weighted by molar-refractivity contribution is 0.00197. The number of pyridine rings is 1. The Kier molecular flexibility index (Phi) is 5.84. The fourth-order valence-electron chi connectivity index (χ4n) is 2.76. The second kappa shape index (κ2) is 7.72. The van der Waals surface area contributed by atoms with Crippen LogP contribution in [0, 0.1) is 0 Å². The molecule has 8 heteroatoms. The molecule has 0 bridgehead atoms. The van der Waals surface area contributed by atoms with Crippen molar-refractivity contribution in [1.82, 2.24) is 14.8 Å². The van der Waals surface area contributed by atoms with Gasteiger partial charge in [0, 0.05) is 38.1 Å². The van der Waals surface area contributed by atoms with E-state index in [2.05, 4.69) is 4.98 Å². The molecule has 1 saturated heterocycles. The maximum atomic E-state index is 12.8. The molecule has 1 aromatic heterocycles. The van der Waals surface area contributed by atoms with E-state index in [0.717, 1.165) is 0 Å². The van der Waals surface area contributed by atoms with Crippen molar-refractivity contribution in [3.05, 3.63) is 29.6 Å². The van der Waals surface area contributed by atoms with Crippen molar-refractivity contribution in [1.29, 1.82) is 0 Å². The van der Waals surface area contributed by atoms with E-state index in [0.29, 0.717) is 19.6 Å². The molecule has 8 nitrogen and oxygen atoms in total. The van der Waals surface area contributed by atoms with Crippen molar-refractivity contribution in [3.8, 4) is 0 Å². The number of aromatic nitrogens is 1. The second-order valence-corrected chi connectivity index (χ2v) is 7.19. The van der Waals surface area contributed by atoms with E-state index in [1.54, 1.807) is 9.80 Å². The number of methoxy groups -OCH3 is 1. The quantitative estimate of drug-likeness (QED) is 0.746. The molecule has 1 unspecified atom stereocenters. The van der Waals surface area contributed by atoms with E-state index in [9.17, 15) is 14.4 Å². The van der Waals surface area contributed by atoms with Gasteiger partial charge in [0.15, 0.2) is 0 Å². The molecule has 1 aliphatic heterocycles. The summed E-state index contributed by atoms with van der Waals surface area (Å²) in [6.07, 6.45) is 2.38. The van der Waals surface area contributed by atoms with Gasteiger partial charge in [0.05, 0.1) is 18.2 Å². The predicted molar refractivity (Wildman–Crippen MR) is 93.9 cm³/mol. The van der Waals surface area contributed by atoms with Crippen molar-refractivity contribution in [2.45, 2.75) is 39.3 Å². The van der Waals surface area contributed by atoms with Crippen LogP contribution in [0.25, 0.3) is 0 Å². The zero-order valence-corrected chi connectivity index (χ0v) is 15.8. The molecular formula is C18H25N3O5. The number of amides is 2. The van der Waals surface area contributed by atoms with E-state index in [1.807, 2.05) is 27.7 Å². The van der Waals surface area contributed by atoms with Crippen molar-refractivity contribution >= 4 is 18.0 Å². The van der Waals surface area contributed by atoms with Gasteiger partial charge in [0.1, 0.15) is 5.60 Å². The van der Waals surface area contributed by atoms with Crippen molar-refractivity contribution in [2.75, 3.05) is 26.7 Å². The monoisotopic (exact) mass is 363 g/mol. The Morgan fingerprint density at radius 1 is 1.19 bits per heavy atom. The first-order valence-corrected chi connectivity index (χ1v) is 8.45. The van der Waals surface area contributed by atoms with Crippen LogP contribution in [0.5, 0.6) is 0 Å². The van der Waals surface area contributed by atoms with Crippen LogP contribution in [0.1, 0.15) is 48.4 Å². The molecule has 1 aromatic rings. The van der Waals surface area contributed by atoms with Crippen LogP contribution in [0.15, 0.2) is 18.5 Å². The number of carbonyl (C=O) groups is 3. The number of hydrogen-bond acceptors (Lipinski definition) is 6. The lowest BCUT2D eigenvalue weighted by Gasteiger charge is -2.40. The highest BCUT2D eigenvalue weighted by Crippen LogP contribution is 2.18. The molecule has 0 aromatic carbocycles. The van der Waals surface area contributed by atoms with Gasteiger partial charge in [-0.15, -0.1) is 0 Å². The van der Waals surface area contributed by atoms with Gasteiger partial charge in [-0.3, -0.25) is 9.78 Å². The highest BCUT2D eigenvalue weighted by atomic mass is 16.6. The molecule has 0 aliphatic carbocycles. The molecule has 1 atom stereocenters. The zero-order chi connectivity index (χ0) is 19.5. The van der Waals surface area contributed by atoms with E-state index < -0.39 is 17.7 Å². The number of esters is 1. The summed E-state index contributed by atoms with van der Waals surface area (Å²) in [7, 11) is 1.26. The van der Waals surface area contributed by atoms with Gasteiger partial charge in [-0.05, 0) is 33.8 Å². The lowest BCUT2D eigenvalue weighted by atomic mass is 10.1. The highest BCUT2D eigenvalue weighted by molar-refractivity contribution is 6.05. The summed E-state index contributed by atoms with van der Waals surface area (Å²) in [5.74, 6) is -0.898. The largest absolute Gasteiger partial charge is 0.465 e. The SMILES string of the molecule is COC(=O)c1cnccc1C(=O)N1CCN(C(=O)OC(C)(C)C)C(C)C1. The topological polar surface area (TPSA) is 89.0 Å². The van der Waals surface area contributed by atoms with Gasteiger partial charge in [-0.25, -0.2) is 9.59 Å². The minimum Gasteiger partial charge on any atom is -0.465 e. The standard InChI is InChI=1S/C18H25N3O5/c1-12-11-20(8-9-21(12)17(24)26-18(2,3)4)15(22)13-6-7-19-10-14(13)16(23)25-5/h6-7,10,12H,8-9,11H2,1-5H3. The minimum absolute atomic E-state index is 0.127. The Labute approximate surface area is 153 Å². The van der Waals surface area contributed by atoms with E-state index in [1.165, 1.54) is 25.6 Å². The Morgan fingerprint density at radius 2 is 1.88 bits per heavy atom. The number of ether oxygens (including phenoxy) is 2. The van der Waals surface area contributed by atoms with Crippen LogP contribution >= 0.6 is 0 Å². The lowest BCUT2D eigenvalue weighted by Crippen LogP contribution is -2.56. The molecule has 142 valence electrons. The molecule has 2 rings (SSSR count). The summed E-state index contributed by atoms with van der Waals surface area (Å²) in [6, 6.07) is 1.30. The average Bonchev–Trinajstić information content (AvgIpc) is 2.58. The van der Waals surface area contributed by atoms with Gasteiger partial charge < -0.3 is 19.3 Å². The van der Waals surface area contributed by atoms with Crippen LogP contribution in [0.3, 0.4) is 0 Å². The Hall–Kier alpha value is -2.64. The van der Waals surface area contributed by atoms with Gasteiger partial charge in [0.25, 0.3) is 5.91 Å². The molecule has 26 heavy (non-hydrogen) atoms. The van der Waals surface area contributed by atoms with Gasteiger partial charge in [0.2, 0.25) is 0 Å². The number of rotatable bonds is 2. The normalized spacial score (nSPS) is 17.7. The first-order chi connectivity index (χ1) is 12.1. The van der Waals surface area contributed by atoms with Gasteiger partial charge in [-0.1, -0.05) is 0 Å². The van der Waals surface area contributed by atoms with Crippen LogP contribution in [-0.2, 0) is 9.47 Å². The molecule has 1 aliphatic rings. The summed E-state index contributed by atoms with van der Waals surface area (Å²) in [4.78, 5) is 44.1. The molecule has 1 fully saturated rings. The molecule has 0 radical (unpaired) electrons. The number of piperazine rings is 1. The predicted octanol–water partition coefficient (Wildman–Crippen LogP) is 1.95. The Morgan fingerprint density at radius 3 is 2.46 bits per heavy atom. The third-order valence-electron chi connectivity index (χ3n) is 4.00. The van der Waals surface area contributed by atoms with Crippen molar-refractivity contribution in [3.63, 3.8) is 0 Å². The summed E-state index contributed by atoms with van der Waals surface area (Å²) in [5.41, 5.74) is -0.206. The van der Waals surface area contributed by atoms with E-state index in [4.69, 9.17) is 9.47 Å². The fourth-order valence-corrected chi connectivity index (χ4v) is 2.76. The first-order valence-electron chi connectivity index (χ1n) is 8.45. The average molecular weight is 363 g/mol. The summed E-state index contributed by atoms with van der Waals surface area (Å²) in [5, 5.41) is 0. The summed E-state index contributed by atoms with van der Waals surface area (Å²) in [6.45, 7) is 8.36. The van der Waals surface area contributed by atoms with Gasteiger partial charge in [-0.2, -0.15) is 0 Å². The van der Waals surface area contributed by atoms with Crippen LogP contribution in [-0.4, -0.2) is 71.1 Å². The summed E-state index contributed by atoms with van der Waals surface area (Å²) >= 11 is 0. The van der Waals surface area contributed by atoms with Crippen molar-refractivity contribution in [2.24, 2.45) is 0 Å². The third-order valence-corrected chi connectivity index (χ3v) is 4.00. The number of hydrogen-bond donors (Lipinski definition) is 0. The third kappa shape index (κ3) is 4.50. The number of nitrogens with zero attached hydrogens (tertiary/aromatic N) is 3. The second-order valence-electron chi connectivity index (χ2n) is 7.19. The molecule has 0 N–H and O–H groups in total. The summed E-state index contributed by atoms with van der Waals surface area (Å²) < 4.78 is 10.1. The Bertz CT molecular complexity index is 698. The maximum absolute atomic E-state index is 12.8. The molecule has 0 saturated carbocycles. The fraction of sp³-hybridized carbons (Fsp3) is 0.556. The molecule has 2 amide bonds. The van der Waals surface area contributed by atoms with Crippen LogP contribution < -0.4 is 0 Å². The van der Waals surface area contributed by atoms with Crippen molar-refractivity contribution < 1.29 is 23.9 Å². The first kappa shape index (κ1) is 19.7. The molecule has 2 heterocycles. The van der Waals surface area contributed by atoms with E-state index >= 15 is 0 Å². The van der Waals surface area contributed by atoms with Crippen LogP contribution in [0.2, 0.25) is 0 Å². The van der Waals surface area contributed by atoms with Gasteiger partial charge >= 0.3 is 12.1 Å². The minimum atomic E-state index is -0.609.